The Bertz CT molecular complexity index is 890. The molecule has 0 radical (unpaired) electrons. The third kappa shape index (κ3) is 3.09. The molecule has 0 spiro atoms. The summed E-state index contributed by atoms with van der Waals surface area (Å²) in [6.07, 6.45) is 0. The summed E-state index contributed by atoms with van der Waals surface area (Å²) in [7, 11) is 1.74. The first-order valence-electron chi connectivity index (χ1n) is 7.15. The van der Waals surface area contributed by atoms with Gasteiger partial charge in [-0.2, -0.15) is 0 Å². The van der Waals surface area contributed by atoms with Crippen molar-refractivity contribution in [3.05, 3.63) is 69.3 Å². The van der Waals surface area contributed by atoms with E-state index in [1.807, 2.05) is 24.3 Å². The van der Waals surface area contributed by atoms with Gasteiger partial charge in [0.25, 0.3) is 5.91 Å². The number of rotatable bonds is 3. The number of hydrogen-bond donors (Lipinski definition) is 0. The molecule has 1 aromatic heterocycles. The largest absolute Gasteiger partial charge is 0.337 e. The number of nitrogens with zero attached hydrogens (tertiary/aromatic N) is 1. The van der Waals surface area contributed by atoms with E-state index in [0.29, 0.717) is 27.4 Å². The van der Waals surface area contributed by atoms with Crippen molar-refractivity contribution in [2.24, 2.45) is 0 Å². The van der Waals surface area contributed by atoms with Crippen molar-refractivity contribution >= 4 is 38.9 Å². The molecular weight excluding hydrogens is 333 g/mol. The van der Waals surface area contributed by atoms with Crippen LogP contribution in [0.1, 0.15) is 20.8 Å². The van der Waals surface area contributed by atoms with E-state index >= 15 is 0 Å². The number of aryl methyl sites for hydroxylation is 1. The smallest absolute Gasteiger partial charge is 0.264 e. The quantitative estimate of drug-likeness (QED) is 0.631. The number of halogens is 2. The van der Waals surface area contributed by atoms with Crippen LogP contribution in [-0.4, -0.2) is 17.9 Å². The molecule has 0 saturated carbocycles. The third-order valence-electron chi connectivity index (χ3n) is 3.75. The Morgan fingerprint density at radius 3 is 2.70 bits per heavy atom. The minimum atomic E-state index is -0.284. The highest BCUT2D eigenvalue weighted by atomic mass is 35.5. The average molecular weight is 348 g/mol. The predicted octanol–water partition coefficient (Wildman–Crippen LogP) is 5.27. The molecule has 0 unspecified atom stereocenters. The summed E-state index contributed by atoms with van der Waals surface area (Å²) >= 11 is 7.31. The number of thiophene rings is 1. The molecule has 2 nitrogen and oxygen atoms in total. The molecule has 1 heterocycles. The van der Waals surface area contributed by atoms with E-state index in [4.69, 9.17) is 11.6 Å². The van der Waals surface area contributed by atoms with Crippen LogP contribution in [0, 0.1) is 12.7 Å². The van der Waals surface area contributed by atoms with Crippen molar-refractivity contribution in [1.29, 1.82) is 0 Å². The van der Waals surface area contributed by atoms with Crippen molar-refractivity contribution in [2.45, 2.75) is 13.5 Å². The lowest BCUT2D eigenvalue weighted by Crippen LogP contribution is -2.25. The van der Waals surface area contributed by atoms with Crippen molar-refractivity contribution < 1.29 is 9.18 Å². The van der Waals surface area contributed by atoms with Gasteiger partial charge in [-0.1, -0.05) is 29.8 Å². The molecule has 3 aromatic rings. The molecule has 2 aromatic carbocycles. The fraction of sp³-hybridized carbons (Fsp3) is 0.167. The zero-order chi connectivity index (χ0) is 16.6. The highest BCUT2D eigenvalue weighted by Gasteiger charge is 2.20. The second-order valence-corrected chi connectivity index (χ2v) is 6.95. The average Bonchev–Trinajstić information content (AvgIpc) is 2.85. The fourth-order valence-corrected chi connectivity index (χ4v) is 4.04. The Labute approximate surface area is 143 Å². The minimum absolute atomic E-state index is 0.108. The van der Waals surface area contributed by atoms with Crippen LogP contribution in [0.3, 0.4) is 0 Å². The van der Waals surface area contributed by atoms with Crippen LogP contribution >= 0.6 is 22.9 Å². The van der Waals surface area contributed by atoms with Crippen LogP contribution in [0.2, 0.25) is 5.02 Å². The first-order chi connectivity index (χ1) is 11.0. The van der Waals surface area contributed by atoms with Crippen LogP contribution < -0.4 is 0 Å². The van der Waals surface area contributed by atoms with E-state index in [9.17, 15) is 9.18 Å². The summed E-state index contributed by atoms with van der Waals surface area (Å²) in [4.78, 5) is 14.9. The van der Waals surface area contributed by atoms with Crippen LogP contribution in [-0.2, 0) is 6.54 Å². The minimum Gasteiger partial charge on any atom is -0.337 e. The lowest BCUT2D eigenvalue weighted by atomic mass is 10.1. The van der Waals surface area contributed by atoms with E-state index in [1.165, 1.54) is 17.4 Å². The van der Waals surface area contributed by atoms with E-state index in [0.717, 1.165) is 10.3 Å². The molecule has 0 aliphatic rings. The maximum atomic E-state index is 14.0. The monoisotopic (exact) mass is 347 g/mol. The number of carbonyl (C=O) groups is 1. The van der Waals surface area contributed by atoms with E-state index in [2.05, 4.69) is 0 Å². The highest BCUT2D eigenvalue weighted by molar-refractivity contribution is 7.21. The summed E-state index contributed by atoms with van der Waals surface area (Å²) in [6.45, 7) is 2.25. The molecular formula is C18H15ClFNOS. The van der Waals surface area contributed by atoms with Crippen LogP contribution in [0.5, 0.6) is 0 Å². The van der Waals surface area contributed by atoms with Gasteiger partial charge >= 0.3 is 0 Å². The van der Waals surface area contributed by atoms with Gasteiger partial charge in [0.1, 0.15) is 5.82 Å². The summed E-state index contributed by atoms with van der Waals surface area (Å²) in [6, 6.07) is 12.3. The molecule has 0 atom stereocenters. The Balaban J connectivity index is 1.91. The summed E-state index contributed by atoms with van der Waals surface area (Å²) in [5.74, 6) is -0.393. The number of amides is 1. The highest BCUT2D eigenvalue weighted by Crippen LogP contribution is 2.33. The van der Waals surface area contributed by atoms with Gasteiger partial charge in [0.15, 0.2) is 0 Å². The zero-order valence-corrected chi connectivity index (χ0v) is 14.3. The molecule has 0 aliphatic heterocycles. The Morgan fingerprint density at radius 2 is 2.00 bits per heavy atom. The lowest BCUT2D eigenvalue weighted by molar-refractivity contribution is 0.0789. The van der Waals surface area contributed by atoms with Gasteiger partial charge in [0.2, 0.25) is 0 Å². The van der Waals surface area contributed by atoms with Gasteiger partial charge in [-0.15, -0.1) is 11.3 Å². The standard InChI is InChI=1S/C18H15ClFNOS/c1-11-16-14(20)7-4-8-15(16)23-17(11)18(22)21(2)10-12-5-3-6-13(19)9-12/h3-9H,10H2,1-2H3. The second kappa shape index (κ2) is 6.30. The maximum Gasteiger partial charge on any atom is 0.264 e. The Morgan fingerprint density at radius 1 is 1.26 bits per heavy atom. The van der Waals surface area contributed by atoms with E-state index in [1.54, 1.807) is 31.0 Å². The van der Waals surface area contributed by atoms with Gasteiger partial charge in [0.05, 0.1) is 4.88 Å². The first-order valence-corrected chi connectivity index (χ1v) is 8.34. The molecule has 0 N–H and O–H groups in total. The van der Waals surface area contributed by atoms with Crippen LogP contribution in [0.25, 0.3) is 10.1 Å². The molecule has 0 bridgehead atoms. The lowest BCUT2D eigenvalue weighted by Gasteiger charge is -2.17. The Hall–Kier alpha value is -1.91. The van der Waals surface area contributed by atoms with E-state index < -0.39 is 0 Å². The molecule has 1 amide bonds. The van der Waals surface area contributed by atoms with Crippen LogP contribution in [0.4, 0.5) is 4.39 Å². The van der Waals surface area contributed by atoms with Gasteiger partial charge in [-0.3, -0.25) is 4.79 Å². The van der Waals surface area contributed by atoms with Gasteiger partial charge < -0.3 is 4.90 Å². The number of carbonyl (C=O) groups excluding carboxylic acids is 1. The second-order valence-electron chi connectivity index (χ2n) is 5.46. The number of fused-ring (bicyclic) bond motifs is 1. The third-order valence-corrected chi connectivity index (χ3v) is 5.23. The normalized spacial score (nSPS) is 11.0. The molecule has 23 heavy (non-hydrogen) atoms. The van der Waals surface area contributed by atoms with Crippen molar-refractivity contribution in [2.75, 3.05) is 7.05 Å². The zero-order valence-electron chi connectivity index (χ0n) is 12.8. The summed E-state index contributed by atoms with van der Waals surface area (Å²) in [5, 5.41) is 1.18. The molecule has 3 rings (SSSR count). The maximum absolute atomic E-state index is 14.0. The van der Waals surface area contributed by atoms with E-state index in [-0.39, 0.29) is 11.7 Å². The van der Waals surface area contributed by atoms with Gasteiger partial charge in [-0.25, -0.2) is 4.39 Å². The molecule has 0 saturated heterocycles. The molecule has 0 fully saturated rings. The fourth-order valence-electron chi connectivity index (χ4n) is 2.61. The summed E-state index contributed by atoms with van der Waals surface area (Å²) < 4.78 is 14.8. The SMILES string of the molecule is Cc1c(C(=O)N(C)Cc2cccc(Cl)c2)sc2cccc(F)c12. The van der Waals surface area contributed by atoms with Gasteiger partial charge in [-0.05, 0) is 42.3 Å². The molecule has 5 heteroatoms. The first kappa shape index (κ1) is 16.0. The van der Waals surface area contributed by atoms with Crippen molar-refractivity contribution in [3.8, 4) is 0 Å². The van der Waals surface area contributed by atoms with Crippen molar-refractivity contribution in [3.63, 3.8) is 0 Å². The van der Waals surface area contributed by atoms with Gasteiger partial charge in [0, 0.05) is 28.7 Å². The summed E-state index contributed by atoms with van der Waals surface area (Å²) in [5.41, 5.74) is 1.66. The molecule has 118 valence electrons. The predicted molar refractivity (Wildman–Crippen MR) is 93.8 cm³/mol. The molecule has 0 aliphatic carbocycles. The van der Waals surface area contributed by atoms with Crippen LogP contribution in [0.15, 0.2) is 42.5 Å². The number of hydrogen-bond acceptors (Lipinski definition) is 2. The Kier molecular flexibility index (Phi) is 4.37. The van der Waals surface area contributed by atoms with Crippen molar-refractivity contribution in [1.82, 2.24) is 4.90 Å². The topological polar surface area (TPSA) is 20.3 Å². The number of benzene rings is 2.